The van der Waals surface area contributed by atoms with Gasteiger partial charge in [0, 0.05) is 18.0 Å². The van der Waals surface area contributed by atoms with E-state index in [2.05, 4.69) is 16.9 Å². The summed E-state index contributed by atoms with van der Waals surface area (Å²) in [7, 11) is 0. The number of allylic oxidation sites excluding steroid dienone is 1. The monoisotopic (exact) mass is 98.0 g/mol. The van der Waals surface area contributed by atoms with Crippen LogP contribution in [0, 0.1) is 6.92 Å². The normalized spacial score (nSPS) is 10.1. The van der Waals surface area contributed by atoms with Crippen LogP contribution in [0.25, 0.3) is 10.4 Å². The van der Waals surface area contributed by atoms with Gasteiger partial charge in [0.05, 0.1) is 5.76 Å². The van der Waals surface area contributed by atoms with E-state index in [9.17, 15) is 0 Å². The van der Waals surface area contributed by atoms with Crippen molar-refractivity contribution in [1.82, 2.24) is 0 Å². The summed E-state index contributed by atoms with van der Waals surface area (Å²) in [5.41, 5.74) is 7.59. The minimum atomic E-state index is -0.238. The molecule has 4 heteroatoms. The van der Waals surface area contributed by atoms with E-state index in [0.717, 1.165) is 6.20 Å². The fraction of sp³-hybridized carbons (Fsp3) is 0. The van der Waals surface area contributed by atoms with Crippen LogP contribution < -0.4 is 0 Å². The highest BCUT2D eigenvalue weighted by Gasteiger charge is 1.69. The lowest BCUT2D eigenvalue weighted by Gasteiger charge is -1.75. The number of hydrogen-bond donors (Lipinski definition) is 1. The van der Waals surface area contributed by atoms with Gasteiger partial charge < -0.3 is 5.11 Å². The number of hydrogen-bond acceptors (Lipinski definition) is 2. The van der Waals surface area contributed by atoms with Gasteiger partial charge >= 0.3 is 0 Å². The van der Waals surface area contributed by atoms with E-state index in [1.165, 1.54) is 0 Å². The van der Waals surface area contributed by atoms with Crippen LogP contribution in [0.5, 0.6) is 0 Å². The fourth-order valence-corrected chi connectivity index (χ4v) is 0.0925. The summed E-state index contributed by atoms with van der Waals surface area (Å²) in [4.78, 5) is 2.32. The standard InChI is InChI=1S/C3H4N3O/c1-3(7)2-5-6-4/h2,7H,1H2. The molecule has 0 aliphatic rings. The van der Waals surface area contributed by atoms with Gasteiger partial charge in [-0.2, -0.15) is 0 Å². The third-order valence-corrected chi connectivity index (χ3v) is 0.258. The van der Waals surface area contributed by atoms with Crippen LogP contribution in [-0.4, -0.2) is 5.11 Å². The second kappa shape index (κ2) is 3.06. The zero-order chi connectivity index (χ0) is 5.70. The number of azide groups is 1. The maximum absolute atomic E-state index is 8.17. The average molecular weight is 98.1 g/mol. The topological polar surface area (TPSA) is 69.0 Å². The van der Waals surface area contributed by atoms with Crippen molar-refractivity contribution in [2.75, 3.05) is 0 Å². The zero-order valence-electron chi connectivity index (χ0n) is 3.57. The molecule has 0 heterocycles. The van der Waals surface area contributed by atoms with Crippen molar-refractivity contribution in [2.45, 2.75) is 0 Å². The molecule has 0 atom stereocenters. The van der Waals surface area contributed by atoms with Crippen molar-refractivity contribution in [3.05, 3.63) is 29.3 Å². The lowest BCUT2D eigenvalue weighted by Crippen LogP contribution is -1.63. The van der Waals surface area contributed by atoms with Gasteiger partial charge in [0.15, 0.2) is 0 Å². The van der Waals surface area contributed by atoms with Crippen molar-refractivity contribution >= 4 is 0 Å². The van der Waals surface area contributed by atoms with Crippen LogP contribution in [0.1, 0.15) is 0 Å². The van der Waals surface area contributed by atoms with Gasteiger partial charge in [0.1, 0.15) is 0 Å². The van der Waals surface area contributed by atoms with Gasteiger partial charge in [-0.15, -0.1) is 0 Å². The summed E-state index contributed by atoms with van der Waals surface area (Å²) in [5.74, 6) is -0.238. The van der Waals surface area contributed by atoms with Gasteiger partial charge in [-0.05, 0) is 5.53 Å². The Bertz CT molecular complexity index is 118. The van der Waals surface area contributed by atoms with Crippen LogP contribution in [0.3, 0.4) is 0 Å². The maximum atomic E-state index is 8.17. The summed E-state index contributed by atoms with van der Waals surface area (Å²) >= 11 is 0. The molecule has 0 aliphatic carbocycles. The van der Waals surface area contributed by atoms with Crippen LogP contribution >= 0.6 is 0 Å². The Labute approximate surface area is 40.7 Å². The third kappa shape index (κ3) is 4.85. The Hall–Kier alpha value is -1.15. The summed E-state index contributed by atoms with van der Waals surface area (Å²) in [6.07, 6.45) is 0.917. The van der Waals surface area contributed by atoms with E-state index in [0.29, 0.717) is 0 Å². The van der Waals surface area contributed by atoms with Gasteiger partial charge in [0.25, 0.3) is 0 Å². The molecular weight excluding hydrogens is 94.1 g/mol. The predicted octanol–water partition coefficient (Wildman–Crippen LogP) is 1.53. The number of rotatable bonds is 1. The predicted molar refractivity (Wildman–Crippen MR) is 25.2 cm³/mol. The quantitative estimate of drug-likeness (QED) is 0.230. The van der Waals surface area contributed by atoms with Crippen molar-refractivity contribution < 1.29 is 5.11 Å². The number of aliphatic hydroxyl groups excluding tert-OH is 1. The molecule has 0 amide bonds. The van der Waals surface area contributed by atoms with E-state index < -0.39 is 0 Å². The highest BCUT2D eigenvalue weighted by atomic mass is 16.3. The molecule has 0 saturated heterocycles. The first-order chi connectivity index (χ1) is 3.27. The highest BCUT2D eigenvalue weighted by molar-refractivity contribution is 4.91. The molecule has 0 aromatic carbocycles. The van der Waals surface area contributed by atoms with Crippen LogP contribution in [0.4, 0.5) is 0 Å². The van der Waals surface area contributed by atoms with Crippen LogP contribution in [0.15, 0.2) is 17.1 Å². The lowest BCUT2D eigenvalue weighted by atomic mass is 10.6. The van der Waals surface area contributed by atoms with Crippen LogP contribution in [-0.2, 0) is 0 Å². The summed E-state index contributed by atoms with van der Waals surface area (Å²) in [5, 5.41) is 11.0. The van der Waals surface area contributed by atoms with Crippen LogP contribution in [0.2, 0.25) is 0 Å². The molecule has 0 unspecified atom stereocenters. The molecule has 1 radical (unpaired) electrons. The van der Waals surface area contributed by atoms with E-state index in [1.807, 2.05) is 0 Å². The average Bonchev–Trinajstić information content (AvgIpc) is 1.61. The summed E-state index contributed by atoms with van der Waals surface area (Å²) in [6, 6.07) is 0. The molecule has 0 bridgehead atoms. The molecule has 0 spiro atoms. The zero-order valence-corrected chi connectivity index (χ0v) is 3.57. The Morgan fingerprint density at radius 2 is 2.57 bits per heavy atom. The largest absolute Gasteiger partial charge is 0.512 e. The van der Waals surface area contributed by atoms with Gasteiger partial charge in [-0.1, -0.05) is 5.11 Å². The van der Waals surface area contributed by atoms with Gasteiger partial charge in [-0.3, -0.25) is 0 Å². The second-order valence-electron chi connectivity index (χ2n) is 0.825. The van der Waals surface area contributed by atoms with Gasteiger partial charge in [-0.25, -0.2) is 0 Å². The Morgan fingerprint density at radius 1 is 2.00 bits per heavy atom. The Kier molecular flexibility index (Phi) is 2.55. The molecule has 37 valence electrons. The van der Waals surface area contributed by atoms with Crippen molar-refractivity contribution in [1.29, 1.82) is 0 Å². The van der Waals surface area contributed by atoms with Crippen molar-refractivity contribution in [3.8, 4) is 0 Å². The highest BCUT2D eigenvalue weighted by Crippen LogP contribution is 1.81. The first-order valence-electron chi connectivity index (χ1n) is 1.52. The molecule has 1 N–H and O–H groups in total. The van der Waals surface area contributed by atoms with Crippen molar-refractivity contribution in [3.63, 3.8) is 0 Å². The Balaban J connectivity index is 3.69. The molecule has 0 aromatic heterocycles. The summed E-state index contributed by atoms with van der Waals surface area (Å²) < 4.78 is 0. The smallest absolute Gasteiger partial charge is 0.0950 e. The first-order valence-corrected chi connectivity index (χ1v) is 1.52. The molecule has 7 heavy (non-hydrogen) atoms. The molecule has 0 rings (SSSR count). The maximum Gasteiger partial charge on any atom is 0.0950 e. The van der Waals surface area contributed by atoms with E-state index >= 15 is 0 Å². The molecular formula is C3H4N3O. The summed E-state index contributed by atoms with van der Waals surface area (Å²) in [6.45, 7) is 3.03. The minimum Gasteiger partial charge on any atom is -0.512 e. The molecule has 0 saturated carbocycles. The molecule has 0 aromatic rings. The van der Waals surface area contributed by atoms with E-state index in [-0.39, 0.29) is 5.76 Å². The SMILES string of the molecule is [CH2]C(O)=CN=[N+]=[N-]. The first kappa shape index (κ1) is 5.85. The van der Waals surface area contributed by atoms with Gasteiger partial charge in [0.2, 0.25) is 0 Å². The molecule has 0 fully saturated rings. The van der Waals surface area contributed by atoms with Crippen molar-refractivity contribution in [2.24, 2.45) is 5.11 Å². The van der Waals surface area contributed by atoms with E-state index in [1.54, 1.807) is 0 Å². The number of aliphatic hydroxyl groups is 1. The molecule has 0 aliphatic heterocycles. The number of nitrogens with zero attached hydrogens (tertiary/aromatic N) is 3. The third-order valence-electron chi connectivity index (χ3n) is 0.258. The lowest BCUT2D eigenvalue weighted by molar-refractivity contribution is 0.429. The second-order valence-corrected chi connectivity index (χ2v) is 0.825. The Morgan fingerprint density at radius 3 is 2.71 bits per heavy atom. The molecule has 4 nitrogen and oxygen atoms in total. The van der Waals surface area contributed by atoms with E-state index in [4.69, 9.17) is 10.6 Å². The fourth-order valence-electron chi connectivity index (χ4n) is 0.0925. The minimum absolute atomic E-state index is 0.238.